The highest BCUT2D eigenvalue weighted by Gasteiger charge is 2.31. The molecule has 1 amide bonds. The summed E-state index contributed by atoms with van der Waals surface area (Å²) in [6, 6.07) is 8.04. The van der Waals surface area contributed by atoms with Gasteiger partial charge in [-0.1, -0.05) is 6.08 Å². The van der Waals surface area contributed by atoms with E-state index in [1.807, 2.05) is 60.1 Å². The Hall–Kier alpha value is -4.55. The zero-order valence-electron chi connectivity index (χ0n) is 24.1. The molecule has 1 atom stereocenters. The van der Waals surface area contributed by atoms with E-state index < -0.39 is 0 Å². The van der Waals surface area contributed by atoms with Gasteiger partial charge in [-0.2, -0.15) is 4.98 Å². The smallest absolute Gasteiger partial charge is 0.248 e. The first kappa shape index (κ1) is 28.0. The maximum Gasteiger partial charge on any atom is 0.248 e. The summed E-state index contributed by atoms with van der Waals surface area (Å²) < 4.78 is 7.67. The molecule has 1 aromatic carbocycles. The molecule has 12 nitrogen and oxygen atoms in total. The molecule has 1 fully saturated rings. The van der Waals surface area contributed by atoms with Crippen molar-refractivity contribution in [3.63, 3.8) is 0 Å². The maximum absolute atomic E-state index is 12.9. The van der Waals surface area contributed by atoms with E-state index in [0.717, 1.165) is 36.1 Å². The third-order valence-electron chi connectivity index (χ3n) is 6.86. The Kier molecular flexibility index (Phi) is 8.41. The van der Waals surface area contributed by atoms with Crippen LogP contribution in [0.2, 0.25) is 0 Å². The number of carbonyl (C=O) groups excluding carboxylic acids is 1. The van der Waals surface area contributed by atoms with Crippen molar-refractivity contribution < 1.29 is 9.53 Å². The summed E-state index contributed by atoms with van der Waals surface area (Å²) in [4.78, 5) is 36.9. The highest BCUT2D eigenvalue weighted by molar-refractivity contribution is 6.02. The molecule has 4 aromatic rings. The minimum Gasteiger partial charge on any atom is -0.494 e. The van der Waals surface area contributed by atoms with E-state index >= 15 is 0 Å². The first-order valence-corrected chi connectivity index (χ1v) is 13.5. The molecule has 41 heavy (non-hydrogen) atoms. The van der Waals surface area contributed by atoms with E-state index in [-0.39, 0.29) is 5.91 Å². The number of rotatable bonds is 11. The SMILES string of the molecule is COc1cc(N2CC[C@@H]2CN(C)C)c(NC(=O)/C=C/CN(C)C)cc1Nc1ncnc(-n2ccc3cnccc32)n1. The summed E-state index contributed by atoms with van der Waals surface area (Å²) >= 11 is 0. The Bertz CT molecular complexity index is 1550. The van der Waals surface area contributed by atoms with Gasteiger partial charge in [0, 0.05) is 61.8 Å². The van der Waals surface area contributed by atoms with Crippen molar-refractivity contribution in [3.8, 4) is 11.7 Å². The largest absolute Gasteiger partial charge is 0.494 e. The number of pyridine rings is 1. The van der Waals surface area contributed by atoms with Crippen LogP contribution in [0.4, 0.5) is 23.0 Å². The van der Waals surface area contributed by atoms with Gasteiger partial charge < -0.3 is 30.1 Å². The van der Waals surface area contributed by atoms with Crippen LogP contribution in [0.25, 0.3) is 16.9 Å². The fraction of sp³-hybridized carbons (Fsp3) is 0.345. The molecule has 2 N–H and O–H groups in total. The number of anilines is 4. The molecule has 1 saturated heterocycles. The molecule has 4 heterocycles. The van der Waals surface area contributed by atoms with E-state index in [9.17, 15) is 4.79 Å². The second kappa shape index (κ2) is 12.3. The van der Waals surface area contributed by atoms with Crippen LogP contribution >= 0.6 is 0 Å². The number of amides is 1. The molecule has 0 radical (unpaired) electrons. The van der Waals surface area contributed by atoms with Crippen molar-refractivity contribution in [1.82, 2.24) is 34.3 Å². The molecule has 0 unspecified atom stereocenters. The molecule has 214 valence electrons. The number of benzene rings is 1. The van der Waals surface area contributed by atoms with E-state index in [4.69, 9.17) is 4.74 Å². The van der Waals surface area contributed by atoms with Crippen molar-refractivity contribution >= 4 is 39.8 Å². The number of ether oxygens (including phenoxy) is 1. The van der Waals surface area contributed by atoms with Gasteiger partial charge in [0.25, 0.3) is 0 Å². The lowest BCUT2D eigenvalue weighted by atomic mass is 10.00. The number of aromatic nitrogens is 5. The molecule has 0 saturated carbocycles. The van der Waals surface area contributed by atoms with Gasteiger partial charge in [-0.05, 0) is 52.8 Å². The molecule has 1 aliphatic heterocycles. The Morgan fingerprint density at radius 3 is 2.73 bits per heavy atom. The Balaban J connectivity index is 1.47. The molecule has 0 spiro atoms. The Morgan fingerprint density at radius 1 is 1.15 bits per heavy atom. The summed E-state index contributed by atoms with van der Waals surface area (Å²) in [5, 5.41) is 7.34. The number of methoxy groups -OCH3 is 1. The summed E-state index contributed by atoms with van der Waals surface area (Å²) in [6.07, 6.45) is 11.4. The van der Waals surface area contributed by atoms with Crippen molar-refractivity contribution in [2.24, 2.45) is 0 Å². The zero-order valence-corrected chi connectivity index (χ0v) is 24.1. The lowest BCUT2D eigenvalue weighted by Crippen LogP contribution is -2.53. The zero-order chi connectivity index (χ0) is 28.9. The number of hydrogen-bond acceptors (Lipinski definition) is 10. The second-order valence-corrected chi connectivity index (χ2v) is 10.5. The molecule has 0 bridgehead atoms. The van der Waals surface area contributed by atoms with Gasteiger partial charge in [0.15, 0.2) is 0 Å². The van der Waals surface area contributed by atoms with Crippen LogP contribution in [-0.2, 0) is 4.79 Å². The highest BCUT2D eigenvalue weighted by atomic mass is 16.5. The summed E-state index contributed by atoms with van der Waals surface area (Å²) in [7, 11) is 9.68. The lowest BCUT2D eigenvalue weighted by Gasteiger charge is -2.45. The molecular weight excluding hydrogens is 520 g/mol. The predicted octanol–water partition coefficient (Wildman–Crippen LogP) is 3.16. The van der Waals surface area contributed by atoms with Gasteiger partial charge in [-0.3, -0.25) is 14.3 Å². The van der Waals surface area contributed by atoms with Crippen molar-refractivity contribution in [3.05, 3.63) is 61.3 Å². The summed E-state index contributed by atoms with van der Waals surface area (Å²) in [6.45, 7) is 2.47. The fourth-order valence-corrected chi connectivity index (χ4v) is 4.83. The number of likely N-dealkylation sites (N-methyl/N-ethyl adjacent to an activating group) is 2. The number of nitrogens with one attached hydrogen (secondary N) is 2. The quantitative estimate of drug-likeness (QED) is 0.267. The molecule has 5 rings (SSSR count). The number of carbonyl (C=O) groups is 1. The van der Waals surface area contributed by atoms with Crippen LogP contribution < -0.4 is 20.3 Å². The Labute approximate surface area is 239 Å². The molecule has 0 aliphatic carbocycles. The van der Waals surface area contributed by atoms with Crippen LogP contribution in [0.15, 0.2) is 61.3 Å². The van der Waals surface area contributed by atoms with E-state index in [0.29, 0.717) is 41.6 Å². The standard InChI is InChI=1S/C29H36N10O2/c1-36(2)12-6-7-27(40)33-22-15-23(26(41-5)16-25(22)38-14-10-21(38)18-37(3)4)34-28-31-19-32-29(35-28)39-13-9-20-17-30-11-8-24(20)39/h6-9,11,13,15-17,19,21H,10,12,14,18H2,1-5H3,(H,33,40)(H,31,32,34,35)/b7-6+/t21-/m1/s1. The van der Waals surface area contributed by atoms with E-state index in [1.54, 1.807) is 25.6 Å². The van der Waals surface area contributed by atoms with E-state index in [1.165, 1.54) is 6.33 Å². The normalized spacial score (nSPS) is 15.1. The molecule has 3 aromatic heterocycles. The minimum absolute atomic E-state index is 0.203. The van der Waals surface area contributed by atoms with Gasteiger partial charge in [-0.15, -0.1) is 0 Å². The third kappa shape index (κ3) is 6.44. The van der Waals surface area contributed by atoms with Crippen molar-refractivity contribution in [2.75, 3.05) is 70.5 Å². The molecule has 1 aliphatic rings. The van der Waals surface area contributed by atoms with Gasteiger partial charge in [0.1, 0.15) is 12.1 Å². The number of fused-ring (bicyclic) bond motifs is 1. The maximum atomic E-state index is 12.9. The van der Waals surface area contributed by atoms with Crippen LogP contribution in [-0.4, -0.2) is 101 Å². The van der Waals surface area contributed by atoms with Crippen LogP contribution in [0.1, 0.15) is 6.42 Å². The predicted molar refractivity (Wildman–Crippen MR) is 161 cm³/mol. The third-order valence-corrected chi connectivity index (χ3v) is 6.86. The monoisotopic (exact) mass is 556 g/mol. The highest BCUT2D eigenvalue weighted by Crippen LogP contribution is 2.41. The van der Waals surface area contributed by atoms with Gasteiger partial charge in [0.05, 0.1) is 29.7 Å². The Morgan fingerprint density at radius 2 is 2.00 bits per heavy atom. The molecular formula is C29H36N10O2. The van der Waals surface area contributed by atoms with Gasteiger partial charge in [-0.25, -0.2) is 9.97 Å². The van der Waals surface area contributed by atoms with Crippen LogP contribution in [0.5, 0.6) is 5.75 Å². The second-order valence-electron chi connectivity index (χ2n) is 10.5. The average Bonchev–Trinajstić information content (AvgIpc) is 3.36. The first-order chi connectivity index (χ1) is 19.8. The summed E-state index contributed by atoms with van der Waals surface area (Å²) in [5.41, 5.74) is 3.14. The van der Waals surface area contributed by atoms with Crippen LogP contribution in [0.3, 0.4) is 0 Å². The van der Waals surface area contributed by atoms with Crippen molar-refractivity contribution in [2.45, 2.75) is 12.5 Å². The van der Waals surface area contributed by atoms with Gasteiger partial charge in [0.2, 0.25) is 17.8 Å². The summed E-state index contributed by atoms with van der Waals surface area (Å²) in [5.74, 6) is 1.21. The molecule has 12 heteroatoms. The first-order valence-electron chi connectivity index (χ1n) is 13.5. The fourth-order valence-electron chi connectivity index (χ4n) is 4.83. The topological polar surface area (TPSA) is 117 Å². The number of hydrogen-bond donors (Lipinski definition) is 2. The van der Waals surface area contributed by atoms with Crippen molar-refractivity contribution in [1.29, 1.82) is 0 Å². The average molecular weight is 557 g/mol. The van der Waals surface area contributed by atoms with E-state index in [2.05, 4.69) is 54.5 Å². The van der Waals surface area contributed by atoms with Crippen LogP contribution in [0, 0.1) is 0 Å². The number of nitrogens with zero attached hydrogens (tertiary/aromatic N) is 8. The lowest BCUT2D eigenvalue weighted by molar-refractivity contribution is -0.111. The minimum atomic E-state index is -0.203. The van der Waals surface area contributed by atoms with Gasteiger partial charge >= 0.3 is 0 Å².